The summed E-state index contributed by atoms with van der Waals surface area (Å²) in [6.07, 6.45) is 0. The highest BCUT2D eigenvalue weighted by Crippen LogP contribution is 2.34. The molecule has 0 saturated heterocycles. The fourth-order valence-electron chi connectivity index (χ4n) is 1.47. The van der Waals surface area contributed by atoms with Gasteiger partial charge in [-0.15, -0.1) is 0 Å². The highest BCUT2D eigenvalue weighted by molar-refractivity contribution is 9.11. The number of nitrogens with one attached hydrogen (secondary N) is 1. The van der Waals surface area contributed by atoms with Gasteiger partial charge < -0.3 is 10.1 Å². The van der Waals surface area contributed by atoms with Gasteiger partial charge in [0.05, 0.1) is 15.6 Å². The lowest BCUT2D eigenvalue weighted by molar-refractivity contribution is -0.0327. The van der Waals surface area contributed by atoms with Crippen LogP contribution >= 0.6 is 43.6 Å². The van der Waals surface area contributed by atoms with Gasteiger partial charge in [0.15, 0.2) is 0 Å². The Labute approximate surface area is 137 Å². The van der Waals surface area contributed by atoms with E-state index in [4.69, 9.17) is 4.74 Å². The van der Waals surface area contributed by atoms with Gasteiger partial charge in [-0.25, -0.2) is 0 Å². The van der Waals surface area contributed by atoms with Crippen molar-refractivity contribution in [3.05, 3.63) is 26.6 Å². The summed E-state index contributed by atoms with van der Waals surface area (Å²) < 4.78 is 42.9. The van der Waals surface area contributed by atoms with Gasteiger partial charge in [-0.1, -0.05) is 0 Å². The van der Waals surface area contributed by atoms with Crippen molar-refractivity contribution >= 4 is 43.6 Å². The Bertz CT molecular complexity index is 420. The van der Waals surface area contributed by atoms with Crippen LogP contribution in [-0.4, -0.2) is 24.4 Å². The zero-order valence-corrected chi connectivity index (χ0v) is 14.7. The topological polar surface area (TPSA) is 21.3 Å². The van der Waals surface area contributed by atoms with E-state index in [2.05, 4.69) is 37.2 Å². The predicted octanol–water partition coefficient (Wildman–Crippen LogP) is 4.95. The Kier molecular flexibility index (Phi) is 7.71. The molecule has 0 saturated carbocycles. The fourth-order valence-corrected chi connectivity index (χ4v) is 3.46. The van der Waals surface area contributed by atoms with E-state index < -0.39 is 5.51 Å². The number of ether oxygens (including phenoxy) is 1. The minimum Gasteiger partial charge on any atom is -0.492 e. The molecule has 20 heavy (non-hydrogen) atoms. The molecule has 0 atom stereocenters. The summed E-state index contributed by atoms with van der Waals surface area (Å²) in [4.78, 5) is 0. The minimum absolute atomic E-state index is 0.00285. The first-order valence-electron chi connectivity index (χ1n) is 5.85. The molecule has 1 N–H and O–H groups in total. The number of alkyl halides is 3. The molecule has 114 valence electrons. The zero-order valence-electron chi connectivity index (χ0n) is 10.7. The maximum atomic E-state index is 11.9. The van der Waals surface area contributed by atoms with Crippen LogP contribution in [0.2, 0.25) is 0 Å². The summed E-state index contributed by atoms with van der Waals surface area (Å²) in [7, 11) is 0. The largest absolute Gasteiger partial charge is 0.492 e. The van der Waals surface area contributed by atoms with Gasteiger partial charge in [-0.2, -0.15) is 13.2 Å². The Morgan fingerprint density at radius 2 is 1.85 bits per heavy atom. The van der Waals surface area contributed by atoms with Crippen LogP contribution in [0.5, 0.6) is 5.75 Å². The van der Waals surface area contributed by atoms with E-state index in [9.17, 15) is 13.2 Å². The van der Waals surface area contributed by atoms with Crippen LogP contribution in [-0.2, 0) is 6.54 Å². The number of hydrogen-bond donors (Lipinski definition) is 1. The molecule has 1 aromatic rings. The molecular formula is C12H14Br2F3NOS. The molecule has 0 heterocycles. The number of rotatable bonds is 7. The van der Waals surface area contributed by atoms with Crippen molar-refractivity contribution in [3.8, 4) is 5.75 Å². The van der Waals surface area contributed by atoms with Crippen molar-refractivity contribution in [1.29, 1.82) is 0 Å². The van der Waals surface area contributed by atoms with E-state index in [1.807, 2.05) is 19.1 Å². The molecule has 0 fully saturated rings. The number of hydrogen-bond acceptors (Lipinski definition) is 3. The van der Waals surface area contributed by atoms with E-state index in [1.54, 1.807) is 0 Å². The molecule has 0 bridgehead atoms. The average molecular weight is 437 g/mol. The zero-order chi connectivity index (χ0) is 15.2. The van der Waals surface area contributed by atoms with E-state index >= 15 is 0 Å². The molecular weight excluding hydrogens is 423 g/mol. The second-order valence-corrected chi connectivity index (χ2v) is 6.66. The normalized spacial score (nSPS) is 11.7. The Balaban J connectivity index is 2.45. The number of thioether (sulfide) groups is 1. The van der Waals surface area contributed by atoms with Crippen molar-refractivity contribution in [1.82, 2.24) is 5.32 Å². The van der Waals surface area contributed by atoms with Crippen molar-refractivity contribution in [2.24, 2.45) is 0 Å². The molecule has 0 amide bonds. The quantitative estimate of drug-likeness (QED) is 0.611. The highest BCUT2D eigenvalue weighted by Gasteiger charge is 2.27. The maximum Gasteiger partial charge on any atom is 0.441 e. The van der Waals surface area contributed by atoms with Gasteiger partial charge in [-0.3, -0.25) is 0 Å². The van der Waals surface area contributed by atoms with Crippen LogP contribution < -0.4 is 10.1 Å². The van der Waals surface area contributed by atoms with Gasteiger partial charge in [0.25, 0.3) is 0 Å². The lowest BCUT2D eigenvalue weighted by atomic mass is 10.2. The van der Waals surface area contributed by atoms with E-state index in [0.717, 1.165) is 20.3 Å². The third-order valence-electron chi connectivity index (χ3n) is 2.22. The molecule has 2 nitrogen and oxygen atoms in total. The molecule has 0 radical (unpaired) electrons. The summed E-state index contributed by atoms with van der Waals surface area (Å²) in [6, 6.07) is 3.78. The molecule has 1 aromatic carbocycles. The molecule has 8 heteroatoms. The maximum absolute atomic E-state index is 11.9. The number of halogens is 5. The summed E-state index contributed by atoms with van der Waals surface area (Å²) in [5.74, 6) is 0.729. The average Bonchev–Trinajstić information content (AvgIpc) is 2.32. The second kappa shape index (κ2) is 8.51. The SMILES string of the molecule is CCOc1c(Br)cc(CNCCSC(F)(F)F)cc1Br. The van der Waals surface area contributed by atoms with Crippen LogP contribution in [0.3, 0.4) is 0 Å². The Hall–Kier alpha value is 0.0800. The lowest BCUT2D eigenvalue weighted by Gasteiger charge is -2.11. The van der Waals surface area contributed by atoms with Crippen LogP contribution in [0.25, 0.3) is 0 Å². The van der Waals surface area contributed by atoms with E-state index in [1.165, 1.54) is 0 Å². The van der Waals surface area contributed by atoms with Crippen LogP contribution in [0.1, 0.15) is 12.5 Å². The molecule has 0 aromatic heterocycles. The van der Waals surface area contributed by atoms with E-state index in [-0.39, 0.29) is 17.5 Å². The Morgan fingerprint density at radius 3 is 2.35 bits per heavy atom. The molecule has 0 unspecified atom stereocenters. The highest BCUT2D eigenvalue weighted by atomic mass is 79.9. The molecule has 0 aliphatic carbocycles. The van der Waals surface area contributed by atoms with Gasteiger partial charge >= 0.3 is 5.51 Å². The standard InChI is InChI=1S/C12H14Br2F3NOS/c1-2-19-11-9(13)5-8(6-10(11)14)7-18-3-4-20-12(15,16)17/h5-6,18H,2-4,7H2,1H3. The third kappa shape index (κ3) is 6.69. The molecule has 1 rings (SSSR count). The van der Waals surface area contributed by atoms with Crippen LogP contribution in [0.4, 0.5) is 13.2 Å². The van der Waals surface area contributed by atoms with E-state index in [0.29, 0.717) is 19.7 Å². The smallest absolute Gasteiger partial charge is 0.441 e. The summed E-state index contributed by atoms with van der Waals surface area (Å²) in [5.41, 5.74) is -3.20. The van der Waals surface area contributed by atoms with Gasteiger partial charge in [0, 0.05) is 18.8 Å². The van der Waals surface area contributed by atoms with Crippen LogP contribution in [0, 0.1) is 0 Å². The van der Waals surface area contributed by atoms with Crippen molar-refractivity contribution in [2.45, 2.75) is 19.0 Å². The van der Waals surface area contributed by atoms with Gasteiger partial charge in [-0.05, 0) is 68.2 Å². The summed E-state index contributed by atoms with van der Waals surface area (Å²) >= 11 is 6.81. The third-order valence-corrected chi connectivity index (χ3v) is 4.13. The first-order valence-corrected chi connectivity index (χ1v) is 8.42. The fraction of sp³-hybridized carbons (Fsp3) is 0.500. The van der Waals surface area contributed by atoms with Crippen molar-refractivity contribution in [2.75, 3.05) is 18.9 Å². The molecule has 0 aliphatic rings. The molecule has 0 spiro atoms. The van der Waals surface area contributed by atoms with Crippen molar-refractivity contribution in [3.63, 3.8) is 0 Å². The van der Waals surface area contributed by atoms with Crippen LogP contribution in [0.15, 0.2) is 21.1 Å². The van der Waals surface area contributed by atoms with Gasteiger partial charge in [0.1, 0.15) is 5.75 Å². The Morgan fingerprint density at radius 1 is 1.25 bits per heavy atom. The minimum atomic E-state index is -4.16. The van der Waals surface area contributed by atoms with Gasteiger partial charge in [0.2, 0.25) is 0 Å². The monoisotopic (exact) mass is 435 g/mol. The summed E-state index contributed by atoms with van der Waals surface area (Å²) in [6.45, 7) is 3.25. The lowest BCUT2D eigenvalue weighted by Crippen LogP contribution is -2.18. The molecule has 0 aliphatic heterocycles. The first kappa shape index (κ1) is 18.1. The second-order valence-electron chi connectivity index (χ2n) is 3.79. The number of benzene rings is 1. The first-order chi connectivity index (χ1) is 9.33. The summed E-state index contributed by atoms with van der Waals surface area (Å²) in [5, 5.41) is 2.98. The predicted molar refractivity (Wildman–Crippen MR) is 83.2 cm³/mol. The van der Waals surface area contributed by atoms with Crippen molar-refractivity contribution < 1.29 is 17.9 Å².